The lowest BCUT2D eigenvalue weighted by Gasteiger charge is -2.39. The summed E-state index contributed by atoms with van der Waals surface area (Å²) in [4.78, 5) is 16.8. The maximum Gasteiger partial charge on any atom is 0.309 e. The fraction of sp³-hybridized carbons (Fsp3) is 0.379. The Labute approximate surface area is 223 Å². The molecule has 1 fully saturated rings. The summed E-state index contributed by atoms with van der Waals surface area (Å²) in [6.45, 7) is 0.905. The number of likely N-dealkylation sites (tertiary alicyclic amines) is 1. The van der Waals surface area contributed by atoms with Crippen molar-refractivity contribution < 1.29 is 37.7 Å². The molecule has 0 amide bonds. The first-order chi connectivity index (χ1) is 18.5. The lowest BCUT2D eigenvalue weighted by atomic mass is 9.90. The van der Waals surface area contributed by atoms with Crippen molar-refractivity contribution in [3.8, 4) is 22.8 Å². The Bertz CT molecular complexity index is 1390. The summed E-state index contributed by atoms with van der Waals surface area (Å²) >= 11 is 0. The zero-order valence-corrected chi connectivity index (χ0v) is 21.5. The van der Waals surface area contributed by atoms with E-state index in [1.54, 1.807) is 23.1 Å². The maximum atomic E-state index is 14.8. The number of methoxy groups -OCH3 is 1. The van der Waals surface area contributed by atoms with E-state index in [4.69, 9.17) is 9.47 Å². The van der Waals surface area contributed by atoms with E-state index in [1.807, 2.05) is 18.2 Å². The molecule has 206 valence electrons. The van der Waals surface area contributed by atoms with Gasteiger partial charge in [-0.2, -0.15) is 0 Å². The van der Waals surface area contributed by atoms with Gasteiger partial charge < -0.3 is 19.7 Å². The summed E-state index contributed by atoms with van der Waals surface area (Å²) in [5, 5.41) is 19.8. The number of halogens is 3. The molecule has 2 aliphatic heterocycles. The van der Waals surface area contributed by atoms with E-state index in [1.165, 1.54) is 20.1 Å². The predicted octanol–water partition coefficient (Wildman–Crippen LogP) is 5.17. The number of alkyl halides is 2. The van der Waals surface area contributed by atoms with E-state index < -0.39 is 29.7 Å². The van der Waals surface area contributed by atoms with Crippen LogP contribution in [0.4, 0.5) is 13.2 Å². The number of rotatable bonds is 8. The largest absolute Gasteiger partial charge is 0.485 e. The average Bonchev–Trinajstić information content (AvgIpc) is 2.91. The van der Waals surface area contributed by atoms with Crippen LogP contribution < -0.4 is 9.47 Å². The standard InChI is InChI=1S/C29H29F3N2O5/c1-16(28(36)37)27(35)19-4-3-17-6-8-24(39-25(17)10-19)18-5-7-21(22-11-26(38-2)33-12-23(22)30)20(9-18)13-34-14-29(31,32)15-34/h3-5,7,9-12,16,24,27,35H,6,8,13-15H2,1-2H3,(H,36,37)/t16-,24?,27+/m0/s1. The topological polar surface area (TPSA) is 92.1 Å². The van der Waals surface area contributed by atoms with Crippen LogP contribution in [-0.2, 0) is 17.8 Å². The molecule has 7 nitrogen and oxygen atoms in total. The smallest absolute Gasteiger partial charge is 0.309 e. The van der Waals surface area contributed by atoms with Crippen molar-refractivity contribution in [2.24, 2.45) is 5.92 Å². The van der Waals surface area contributed by atoms with Crippen LogP contribution in [0.25, 0.3) is 11.1 Å². The van der Waals surface area contributed by atoms with Gasteiger partial charge in [-0.15, -0.1) is 0 Å². The van der Waals surface area contributed by atoms with Gasteiger partial charge in [0.1, 0.15) is 17.7 Å². The third kappa shape index (κ3) is 5.58. The van der Waals surface area contributed by atoms with Crippen molar-refractivity contribution >= 4 is 5.97 Å². The van der Waals surface area contributed by atoms with Gasteiger partial charge in [-0.25, -0.2) is 18.2 Å². The molecule has 39 heavy (non-hydrogen) atoms. The third-order valence-electron chi connectivity index (χ3n) is 7.38. The van der Waals surface area contributed by atoms with Crippen LogP contribution in [0, 0.1) is 11.7 Å². The van der Waals surface area contributed by atoms with Crippen molar-refractivity contribution in [3.63, 3.8) is 0 Å². The molecule has 1 saturated heterocycles. The molecule has 1 unspecified atom stereocenters. The lowest BCUT2D eigenvalue weighted by molar-refractivity contribution is -0.145. The number of benzene rings is 2. The fourth-order valence-corrected chi connectivity index (χ4v) is 5.13. The summed E-state index contributed by atoms with van der Waals surface area (Å²) in [5.41, 5.74) is 3.67. The Morgan fingerprint density at radius 3 is 2.67 bits per heavy atom. The van der Waals surface area contributed by atoms with Crippen LogP contribution in [0.2, 0.25) is 0 Å². The van der Waals surface area contributed by atoms with Crippen molar-refractivity contribution in [2.75, 3.05) is 20.2 Å². The minimum Gasteiger partial charge on any atom is -0.485 e. The molecule has 0 radical (unpaired) electrons. The molecule has 2 aromatic carbocycles. The Morgan fingerprint density at radius 1 is 1.21 bits per heavy atom. The molecule has 1 aromatic heterocycles. The first kappa shape index (κ1) is 27.0. The Kier molecular flexibility index (Phi) is 7.26. The summed E-state index contributed by atoms with van der Waals surface area (Å²) in [5.74, 6) is -4.59. The summed E-state index contributed by atoms with van der Waals surface area (Å²) in [6.07, 6.45) is 0.852. The SMILES string of the molecule is COc1cc(-c2ccc(C3CCc4ccc([C@H](O)[C@H](C)C(=O)O)cc4O3)cc2CN2CC(F)(F)C2)c(F)cn1. The van der Waals surface area contributed by atoms with E-state index in [2.05, 4.69) is 4.98 Å². The number of aryl methyl sites for hydroxylation is 1. The fourth-order valence-electron chi connectivity index (χ4n) is 5.13. The second-order valence-electron chi connectivity index (χ2n) is 10.2. The normalized spacial score (nSPS) is 19.8. The van der Waals surface area contributed by atoms with Gasteiger partial charge >= 0.3 is 5.97 Å². The lowest BCUT2D eigenvalue weighted by Crippen LogP contribution is -2.55. The number of aliphatic hydroxyl groups is 1. The van der Waals surface area contributed by atoms with Gasteiger partial charge in [-0.3, -0.25) is 9.69 Å². The van der Waals surface area contributed by atoms with Crippen LogP contribution in [0.1, 0.15) is 47.8 Å². The number of carboxylic acid groups (broad SMARTS) is 1. The molecule has 2 N–H and O–H groups in total. The maximum absolute atomic E-state index is 14.8. The van der Waals surface area contributed by atoms with Crippen LogP contribution in [0.5, 0.6) is 11.6 Å². The molecule has 0 saturated carbocycles. The number of nitrogens with zero attached hydrogens (tertiary/aromatic N) is 2. The van der Waals surface area contributed by atoms with Crippen LogP contribution in [-0.4, -0.2) is 52.2 Å². The molecule has 3 atom stereocenters. The van der Waals surface area contributed by atoms with Crippen molar-refractivity contribution in [3.05, 3.63) is 76.7 Å². The van der Waals surface area contributed by atoms with Crippen molar-refractivity contribution in [1.82, 2.24) is 9.88 Å². The number of carboxylic acids is 1. The van der Waals surface area contributed by atoms with Gasteiger partial charge in [0.25, 0.3) is 5.92 Å². The molecule has 2 aliphatic rings. The van der Waals surface area contributed by atoms with E-state index >= 15 is 0 Å². The van der Waals surface area contributed by atoms with Crippen LogP contribution in [0.3, 0.4) is 0 Å². The number of ether oxygens (including phenoxy) is 2. The zero-order chi connectivity index (χ0) is 27.9. The Morgan fingerprint density at radius 2 is 1.97 bits per heavy atom. The zero-order valence-electron chi connectivity index (χ0n) is 21.5. The first-order valence-corrected chi connectivity index (χ1v) is 12.7. The molecular weight excluding hydrogens is 513 g/mol. The van der Waals surface area contributed by atoms with E-state index in [0.29, 0.717) is 35.3 Å². The molecule has 0 aliphatic carbocycles. The number of pyridine rings is 1. The number of aliphatic hydroxyl groups excluding tert-OH is 1. The highest BCUT2D eigenvalue weighted by atomic mass is 19.3. The van der Waals surface area contributed by atoms with E-state index in [-0.39, 0.29) is 37.2 Å². The van der Waals surface area contributed by atoms with Crippen molar-refractivity contribution in [2.45, 2.75) is 44.4 Å². The van der Waals surface area contributed by atoms with Crippen molar-refractivity contribution in [1.29, 1.82) is 0 Å². The van der Waals surface area contributed by atoms with Gasteiger partial charge in [0.15, 0.2) is 0 Å². The number of aromatic nitrogens is 1. The summed E-state index contributed by atoms with van der Waals surface area (Å²) in [7, 11) is 1.43. The summed E-state index contributed by atoms with van der Waals surface area (Å²) in [6, 6.07) is 12.1. The molecule has 5 rings (SSSR count). The highest BCUT2D eigenvalue weighted by molar-refractivity contribution is 5.71. The van der Waals surface area contributed by atoms with Crippen LogP contribution >= 0.6 is 0 Å². The van der Waals surface area contributed by atoms with E-state index in [0.717, 1.165) is 17.3 Å². The number of hydrogen-bond acceptors (Lipinski definition) is 6. The van der Waals surface area contributed by atoms with Gasteiger partial charge in [-0.05, 0) is 53.6 Å². The quantitative estimate of drug-likeness (QED) is 0.406. The first-order valence-electron chi connectivity index (χ1n) is 12.7. The van der Waals surface area contributed by atoms with Crippen LogP contribution in [0.15, 0.2) is 48.7 Å². The van der Waals surface area contributed by atoms with Gasteiger partial charge in [0.05, 0.1) is 38.4 Å². The Hall–Kier alpha value is -3.63. The molecule has 0 spiro atoms. The molecular formula is C29H29F3N2O5. The minimum atomic E-state index is -2.74. The molecule has 0 bridgehead atoms. The van der Waals surface area contributed by atoms with E-state index in [9.17, 15) is 28.2 Å². The van der Waals surface area contributed by atoms with Gasteiger partial charge in [-0.1, -0.05) is 30.3 Å². The number of aliphatic carboxylic acids is 1. The second kappa shape index (κ2) is 10.5. The summed E-state index contributed by atoms with van der Waals surface area (Å²) < 4.78 is 53.4. The number of carbonyl (C=O) groups is 1. The van der Waals surface area contributed by atoms with Gasteiger partial charge in [0.2, 0.25) is 5.88 Å². The molecule has 10 heteroatoms. The molecule has 3 aromatic rings. The Balaban J connectivity index is 1.46. The third-order valence-corrected chi connectivity index (χ3v) is 7.38. The predicted molar refractivity (Wildman–Crippen MR) is 136 cm³/mol. The molecule has 3 heterocycles. The highest BCUT2D eigenvalue weighted by Crippen LogP contribution is 2.40. The average molecular weight is 543 g/mol. The monoisotopic (exact) mass is 542 g/mol. The number of fused-ring (bicyclic) bond motifs is 1. The minimum absolute atomic E-state index is 0.204. The number of hydrogen-bond donors (Lipinski definition) is 2. The second-order valence-corrected chi connectivity index (χ2v) is 10.2. The van der Waals surface area contributed by atoms with Gasteiger partial charge in [0, 0.05) is 18.2 Å². The highest BCUT2D eigenvalue weighted by Gasteiger charge is 2.43.